The van der Waals surface area contributed by atoms with Gasteiger partial charge in [-0.3, -0.25) is 4.79 Å². The molecular formula is C21H23N5O3S. The first kappa shape index (κ1) is 20.2. The first-order chi connectivity index (χ1) is 14.6. The Morgan fingerprint density at radius 3 is 2.87 bits per heavy atom. The molecular weight excluding hydrogens is 402 g/mol. The van der Waals surface area contributed by atoms with E-state index in [4.69, 9.17) is 9.47 Å². The average molecular weight is 426 g/mol. The molecule has 1 aliphatic rings. The van der Waals surface area contributed by atoms with Gasteiger partial charge < -0.3 is 14.4 Å². The van der Waals surface area contributed by atoms with Gasteiger partial charge in [0.1, 0.15) is 6.61 Å². The SMILES string of the molecule is CCN(CC1COc2ccccc2O1)C(=O)CSc1nnnn1-c1cccc(C)c1. The zero-order chi connectivity index (χ0) is 20.9. The van der Waals surface area contributed by atoms with Crippen LogP contribution in [0.2, 0.25) is 0 Å². The first-order valence-corrected chi connectivity index (χ1v) is 10.8. The molecule has 30 heavy (non-hydrogen) atoms. The minimum atomic E-state index is -0.202. The van der Waals surface area contributed by atoms with Crippen molar-refractivity contribution >= 4 is 17.7 Å². The molecule has 1 aliphatic heterocycles. The highest BCUT2D eigenvalue weighted by molar-refractivity contribution is 7.99. The number of hydrogen-bond acceptors (Lipinski definition) is 7. The van der Waals surface area contributed by atoms with Crippen LogP contribution in [-0.4, -0.2) is 62.6 Å². The molecule has 0 bridgehead atoms. The number of ether oxygens (including phenoxy) is 2. The molecule has 1 unspecified atom stereocenters. The maximum atomic E-state index is 12.8. The van der Waals surface area contributed by atoms with E-state index in [1.165, 1.54) is 11.8 Å². The maximum Gasteiger partial charge on any atom is 0.233 e. The summed E-state index contributed by atoms with van der Waals surface area (Å²) in [5.74, 6) is 1.69. The number of tetrazole rings is 1. The van der Waals surface area contributed by atoms with E-state index in [1.54, 1.807) is 9.58 Å². The molecule has 156 valence electrons. The standard InChI is InChI=1S/C21H23N5O3S/c1-3-25(12-17-13-28-18-9-4-5-10-19(18)29-17)20(27)14-30-21-22-23-24-26(21)16-8-6-7-15(2)11-16/h4-11,17H,3,12-14H2,1-2H3. The molecule has 0 fully saturated rings. The number of aromatic nitrogens is 4. The van der Waals surface area contributed by atoms with Crippen molar-refractivity contribution in [3.05, 3.63) is 54.1 Å². The van der Waals surface area contributed by atoms with Crippen LogP contribution in [0.3, 0.4) is 0 Å². The van der Waals surface area contributed by atoms with Crippen LogP contribution in [0.25, 0.3) is 5.69 Å². The number of thioether (sulfide) groups is 1. The molecule has 4 rings (SSSR count). The van der Waals surface area contributed by atoms with Crippen LogP contribution in [0.1, 0.15) is 12.5 Å². The van der Waals surface area contributed by atoms with Crippen LogP contribution < -0.4 is 9.47 Å². The summed E-state index contributed by atoms with van der Waals surface area (Å²) in [5.41, 5.74) is 1.98. The van der Waals surface area contributed by atoms with Crippen LogP contribution in [0, 0.1) is 6.92 Å². The average Bonchev–Trinajstić information content (AvgIpc) is 3.24. The van der Waals surface area contributed by atoms with Gasteiger partial charge in [0, 0.05) is 6.54 Å². The molecule has 2 aromatic carbocycles. The third-order valence-electron chi connectivity index (χ3n) is 4.74. The van der Waals surface area contributed by atoms with E-state index >= 15 is 0 Å². The Hall–Kier alpha value is -3.07. The van der Waals surface area contributed by atoms with Gasteiger partial charge in [-0.05, 0) is 54.1 Å². The molecule has 0 radical (unpaired) electrons. The van der Waals surface area contributed by atoms with Gasteiger partial charge >= 0.3 is 0 Å². The third-order valence-corrected chi connectivity index (χ3v) is 5.64. The van der Waals surface area contributed by atoms with Gasteiger partial charge in [-0.2, -0.15) is 4.68 Å². The second-order valence-electron chi connectivity index (χ2n) is 6.93. The number of aryl methyl sites for hydroxylation is 1. The summed E-state index contributed by atoms with van der Waals surface area (Å²) in [6.45, 7) is 5.44. The Kier molecular flexibility index (Phi) is 6.18. The molecule has 0 saturated carbocycles. The van der Waals surface area contributed by atoms with Crippen molar-refractivity contribution in [1.29, 1.82) is 0 Å². The van der Waals surface area contributed by atoms with Crippen molar-refractivity contribution in [1.82, 2.24) is 25.1 Å². The van der Waals surface area contributed by atoms with E-state index in [-0.39, 0.29) is 17.8 Å². The fraction of sp³-hybridized carbons (Fsp3) is 0.333. The second kappa shape index (κ2) is 9.17. The van der Waals surface area contributed by atoms with Crippen molar-refractivity contribution in [3.8, 4) is 17.2 Å². The normalized spacial score (nSPS) is 15.1. The molecule has 1 amide bonds. The molecule has 9 heteroatoms. The zero-order valence-corrected chi connectivity index (χ0v) is 17.7. The minimum absolute atomic E-state index is 0.00347. The van der Waals surface area contributed by atoms with Gasteiger partial charge in [-0.1, -0.05) is 36.0 Å². The van der Waals surface area contributed by atoms with Crippen molar-refractivity contribution in [2.45, 2.75) is 25.1 Å². The molecule has 8 nitrogen and oxygen atoms in total. The van der Waals surface area contributed by atoms with E-state index in [0.29, 0.717) is 30.6 Å². The maximum absolute atomic E-state index is 12.8. The largest absolute Gasteiger partial charge is 0.486 e. The van der Waals surface area contributed by atoms with E-state index in [9.17, 15) is 4.79 Å². The van der Waals surface area contributed by atoms with Crippen LogP contribution >= 0.6 is 11.8 Å². The summed E-state index contributed by atoms with van der Waals surface area (Å²) < 4.78 is 13.4. The van der Waals surface area contributed by atoms with Crippen molar-refractivity contribution in [2.24, 2.45) is 0 Å². The fourth-order valence-corrected chi connectivity index (χ4v) is 4.01. The number of likely N-dealkylation sites (N-methyl/N-ethyl adjacent to an activating group) is 1. The summed E-state index contributed by atoms with van der Waals surface area (Å²) in [6.07, 6.45) is -0.202. The molecule has 0 spiro atoms. The lowest BCUT2D eigenvalue weighted by Gasteiger charge is -2.30. The van der Waals surface area contributed by atoms with E-state index < -0.39 is 0 Å². The monoisotopic (exact) mass is 425 g/mol. The predicted molar refractivity (Wildman–Crippen MR) is 113 cm³/mol. The van der Waals surface area contributed by atoms with Crippen molar-refractivity contribution in [3.63, 3.8) is 0 Å². The molecule has 0 saturated heterocycles. The van der Waals surface area contributed by atoms with Gasteiger partial charge in [0.15, 0.2) is 17.6 Å². The molecule has 2 heterocycles. The Bertz CT molecular complexity index is 1030. The smallest absolute Gasteiger partial charge is 0.233 e. The summed E-state index contributed by atoms with van der Waals surface area (Å²) in [6, 6.07) is 15.5. The van der Waals surface area contributed by atoms with E-state index in [1.807, 2.05) is 62.4 Å². The molecule has 1 aromatic heterocycles. The van der Waals surface area contributed by atoms with Gasteiger partial charge in [-0.15, -0.1) is 5.10 Å². The number of rotatable bonds is 7. The first-order valence-electron chi connectivity index (χ1n) is 9.78. The van der Waals surface area contributed by atoms with E-state index in [2.05, 4.69) is 15.5 Å². The lowest BCUT2D eigenvalue weighted by atomic mass is 10.2. The predicted octanol–water partition coefficient (Wildman–Crippen LogP) is 2.75. The Morgan fingerprint density at radius 1 is 1.23 bits per heavy atom. The Labute approximate surface area is 179 Å². The van der Waals surface area contributed by atoms with Gasteiger partial charge in [-0.25, -0.2) is 0 Å². The topological polar surface area (TPSA) is 82.4 Å². The summed E-state index contributed by atoms with van der Waals surface area (Å²) in [4.78, 5) is 14.6. The summed E-state index contributed by atoms with van der Waals surface area (Å²) >= 11 is 1.32. The van der Waals surface area contributed by atoms with Crippen LogP contribution in [0.5, 0.6) is 11.5 Å². The molecule has 1 atom stereocenters. The van der Waals surface area contributed by atoms with Gasteiger partial charge in [0.05, 0.1) is 18.0 Å². The number of fused-ring (bicyclic) bond motifs is 1. The van der Waals surface area contributed by atoms with Crippen LogP contribution in [0.15, 0.2) is 53.7 Å². The third kappa shape index (κ3) is 4.56. The van der Waals surface area contributed by atoms with E-state index in [0.717, 1.165) is 17.0 Å². The minimum Gasteiger partial charge on any atom is -0.486 e. The number of benzene rings is 2. The van der Waals surface area contributed by atoms with Gasteiger partial charge in [0.2, 0.25) is 11.1 Å². The van der Waals surface area contributed by atoms with Crippen molar-refractivity contribution in [2.75, 3.05) is 25.4 Å². The quantitative estimate of drug-likeness (QED) is 0.538. The van der Waals surface area contributed by atoms with Crippen LogP contribution in [0.4, 0.5) is 0 Å². The molecule has 3 aromatic rings. The number of hydrogen-bond donors (Lipinski definition) is 0. The Balaban J connectivity index is 1.36. The zero-order valence-electron chi connectivity index (χ0n) is 16.9. The number of nitrogens with zero attached hydrogens (tertiary/aromatic N) is 5. The number of amides is 1. The highest BCUT2D eigenvalue weighted by Gasteiger charge is 2.25. The summed E-state index contributed by atoms with van der Waals surface area (Å²) in [7, 11) is 0. The Morgan fingerprint density at radius 2 is 2.07 bits per heavy atom. The lowest BCUT2D eigenvalue weighted by Crippen LogP contribution is -2.44. The fourth-order valence-electron chi connectivity index (χ4n) is 3.21. The lowest BCUT2D eigenvalue weighted by molar-refractivity contribution is -0.129. The van der Waals surface area contributed by atoms with Gasteiger partial charge in [0.25, 0.3) is 0 Å². The molecule has 0 N–H and O–H groups in total. The highest BCUT2D eigenvalue weighted by Crippen LogP contribution is 2.31. The second-order valence-corrected chi connectivity index (χ2v) is 7.87. The molecule has 0 aliphatic carbocycles. The van der Waals surface area contributed by atoms with Crippen LogP contribution in [-0.2, 0) is 4.79 Å². The number of para-hydroxylation sites is 2. The number of carbonyl (C=O) groups excluding carboxylic acids is 1. The number of carbonyl (C=O) groups is 1. The van der Waals surface area contributed by atoms with Crippen molar-refractivity contribution < 1.29 is 14.3 Å². The summed E-state index contributed by atoms with van der Waals surface area (Å²) in [5, 5.41) is 12.5. The highest BCUT2D eigenvalue weighted by atomic mass is 32.2.